The maximum atomic E-state index is 9.43. The molecule has 0 atom stereocenters. The largest absolute Gasteiger partial charge is 0.396 e. The average molecular weight is 239 g/mol. The van der Waals surface area contributed by atoms with Gasteiger partial charge in [0.2, 0.25) is 0 Å². The van der Waals surface area contributed by atoms with Crippen molar-refractivity contribution >= 4 is 11.3 Å². The zero-order valence-electron chi connectivity index (χ0n) is 10.2. The van der Waals surface area contributed by atoms with E-state index in [0.717, 1.165) is 12.8 Å². The van der Waals surface area contributed by atoms with Crippen LogP contribution in [0.25, 0.3) is 0 Å². The van der Waals surface area contributed by atoms with E-state index in [1.807, 2.05) is 0 Å². The van der Waals surface area contributed by atoms with Crippen LogP contribution < -0.4 is 0 Å². The van der Waals surface area contributed by atoms with Crippen molar-refractivity contribution in [2.75, 3.05) is 6.61 Å². The van der Waals surface area contributed by atoms with Gasteiger partial charge < -0.3 is 5.11 Å². The van der Waals surface area contributed by atoms with E-state index in [0.29, 0.717) is 12.5 Å². The van der Waals surface area contributed by atoms with E-state index >= 15 is 0 Å². The number of hydrogen-bond acceptors (Lipinski definition) is 3. The third-order valence-corrected chi connectivity index (χ3v) is 4.39. The molecule has 0 unspecified atom stereocenters. The van der Waals surface area contributed by atoms with Crippen LogP contribution in [-0.2, 0) is 12.8 Å². The van der Waals surface area contributed by atoms with Crippen molar-refractivity contribution in [3.05, 3.63) is 16.1 Å². The Morgan fingerprint density at radius 3 is 2.75 bits per heavy atom. The van der Waals surface area contributed by atoms with Crippen molar-refractivity contribution in [2.45, 2.75) is 46.0 Å². The lowest BCUT2D eigenvalue weighted by molar-refractivity contribution is 0.0449. The van der Waals surface area contributed by atoms with E-state index in [1.54, 1.807) is 11.3 Å². The highest BCUT2D eigenvalue weighted by molar-refractivity contribution is 7.09. The molecule has 1 fully saturated rings. The molecule has 1 heterocycles. The molecule has 1 aliphatic rings. The summed E-state index contributed by atoms with van der Waals surface area (Å²) in [4.78, 5) is 4.67. The number of thiazole rings is 1. The Morgan fingerprint density at radius 1 is 1.50 bits per heavy atom. The molecule has 1 saturated carbocycles. The van der Waals surface area contributed by atoms with Gasteiger partial charge in [-0.05, 0) is 30.6 Å². The van der Waals surface area contributed by atoms with Crippen molar-refractivity contribution < 1.29 is 5.11 Å². The lowest BCUT2D eigenvalue weighted by atomic mass is 9.67. The van der Waals surface area contributed by atoms with E-state index in [9.17, 15) is 5.11 Å². The molecule has 1 aliphatic carbocycles. The summed E-state index contributed by atoms with van der Waals surface area (Å²) in [6, 6.07) is 0. The first-order valence-electron chi connectivity index (χ1n) is 6.18. The zero-order chi connectivity index (χ0) is 11.6. The van der Waals surface area contributed by atoms with Gasteiger partial charge in [-0.2, -0.15) is 0 Å². The molecule has 0 radical (unpaired) electrons. The second-order valence-corrected chi connectivity index (χ2v) is 6.46. The van der Waals surface area contributed by atoms with Crippen LogP contribution in [0.15, 0.2) is 5.38 Å². The molecule has 3 heteroatoms. The van der Waals surface area contributed by atoms with Gasteiger partial charge in [0.15, 0.2) is 0 Å². The molecule has 1 N–H and O–H groups in total. The monoisotopic (exact) mass is 239 g/mol. The molecule has 90 valence electrons. The van der Waals surface area contributed by atoms with Crippen LogP contribution >= 0.6 is 11.3 Å². The first kappa shape index (κ1) is 12.1. The van der Waals surface area contributed by atoms with Crippen LogP contribution in [0.5, 0.6) is 0 Å². The smallest absolute Gasteiger partial charge is 0.0934 e. The van der Waals surface area contributed by atoms with Crippen LogP contribution in [0.3, 0.4) is 0 Å². The standard InChI is InChI=1S/C13H21NOS/c1-10(2)6-11-8-16-12(14-11)7-13(9-15)4-3-5-13/h8,10,15H,3-7,9H2,1-2H3. The highest BCUT2D eigenvalue weighted by Gasteiger charge is 2.37. The minimum absolute atomic E-state index is 0.174. The molecule has 2 nitrogen and oxygen atoms in total. The predicted molar refractivity (Wildman–Crippen MR) is 67.7 cm³/mol. The summed E-state index contributed by atoms with van der Waals surface area (Å²) in [5.41, 5.74) is 1.40. The number of rotatable bonds is 5. The van der Waals surface area contributed by atoms with E-state index in [1.165, 1.54) is 30.0 Å². The topological polar surface area (TPSA) is 33.1 Å². The minimum atomic E-state index is 0.174. The quantitative estimate of drug-likeness (QED) is 0.856. The molecule has 2 rings (SSSR count). The van der Waals surface area contributed by atoms with Crippen molar-refractivity contribution in [3.8, 4) is 0 Å². The summed E-state index contributed by atoms with van der Waals surface area (Å²) in [5, 5.41) is 12.8. The van der Waals surface area contributed by atoms with Gasteiger partial charge in [0.1, 0.15) is 0 Å². The van der Waals surface area contributed by atoms with E-state index in [-0.39, 0.29) is 5.41 Å². The zero-order valence-corrected chi connectivity index (χ0v) is 11.0. The summed E-state index contributed by atoms with van der Waals surface area (Å²) < 4.78 is 0. The van der Waals surface area contributed by atoms with Crippen LogP contribution in [0.2, 0.25) is 0 Å². The minimum Gasteiger partial charge on any atom is -0.396 e. The van der Waals surface area contributed by atoms with E-state index in [4.69, 9.17) is 0 Å². The van der Waals surface area contributed by atoms with Crippen LogP contribution in [-0.4, -0.2) is 16.7 Å². The Balaban J connectivity index is 1.97. The highest BCUT2D eigenvalue weighted by Crippen LogP contribution is 2.43. The Labute approximate surface area is 102 Å². The molecule has 16 heavy (non-hydrogen) atoms. The second-order valence-electron chi connectivity index (χ2n) is 5.52. The second kappa shape index (κ2) is 4.84. The molecule has 0 bridgehead atoms. The molecular weight excluding hydrogens is 218 g/mol. The molecule has 0 amide bonds. The van der Waals surface area contributed by atoms with Gasteiger partial charge in [-0.1, -0.05) is 20.3 Å². The third kappa shape index (κ3) is 2.64. The summed E-state index contributed by atoms with van der Waals surface area (Å²) >= 11 is 1.76. The van der Waals surface area contributed by atoms with Crippen LogP contribution in [0, 0.1) is 11.3 Å². The molecule has 0 saturated heterocycles. The molecule has 0 aromatic carbocycles. The number of aliphatic hydroxyl groups is 1. The van der Waals surface area contributed by atoms with Gasteiger partial charge in [-0.15, -0.1) is 11.3 Å². The van der Waals surface area contributed by atoms with Crippen LogP contribution in [0.1, 0.15) is 43.8 Å². The Morgan fingerprint density at radius 2 is 2.25 bits per heavy atom. The maximum Gasteiger partial charge on any atom is 0.0934 e. The Kier molecular flexibility index (Phi) is 3.65. The fraction of sp³-hybridized carbons (Fsp3) is 0.769. The molecule has 0 spiro atoms. The van der Waals surface area contributed by atoms with Gasteiger partial charge in [-0.25, -0.2) is 4.98 Å². The number of aliphatic hydroxyl groups excluding tert-OH is 1. The fourth-order valence-electron chi connectivity index (χ4n) is 2.33. The van der Waals surface area contributed by atoms with E-state index < -0.39 is 0 Å². The summed E-state index contributed by atoms with van der Waals surface area (Å²) in [6.07, 6.45) is 5.66. The van der Waals surface area contributed by atoms with Gasteiger partial charge in [0.05, 0.1) is 10.7 Å². The van der Waals surface area contributed by atoms with Crippen LogP contribution in [0.4, 0.5) is 0 Å². The van der Waals surface area contributed by atoms with Crippen molar-refractivity contribution in [3.63, 3.8) is 0 Å². The highest BCUT2D eigenvalue weighted by atomic mass is 32.1. The van der Waals surface area contributed by atoms with Gasteiger partial charge in [0.25, 0.3) is 0 Å². The first-order valence-corrected chi connectivity index (χ1v) is 7.06. The Bertz CT molecular complexity index is 336. The fourth-order valence-corrected chi connectivity index (χ4v) is 3.31. The molecule has 1 aromatic rings. The third-order valence-electron chi connectivity index (χ3n) is 3.49. The van der Waals surface area contributed by atoms with Crippen molar-refractivity contribution in [2.24, 2.45) is 11.3 Å². The van der Waals surface area contributed by atoms with Crippen molar-refractivity contribution in [1.29, 1.82) is 0 Å². The summed E-state index contributed by atoms with van der Waals surface area (Å²) in [6.45, 7) is 4.77. The molecular formula is C13H21NOS. The van der Waals surface area contributed by atoms with Gasteiger partial charge in [-0.3, -0.25) is 0 Å². The van der Waals surface area contributed by atoms with Crippen molar-refractivity contribution in [1.82, 2.24) is 4.98 Å². The molecule has 0 aliphatic heterocycles. The van der Waals surface area contributed by atoms with Gasteiger partial charge in [0, 0.05) is 18.4 Å². The lowest BCUT2D eigenvalue weighted by Crippen LogP contribution is -2.35. The summed E-state index contributed by atoms with van der Waals surface area (Å²) in [7, 11) is 0. The maximum absolute atomic E-state index is 9.43. The number of aromatic nitrogens is 1. The SMILES string of the molecule is CC(C)Cc1csc(CC2(CO)CCC2)n1. The average Bonchev–Trinajstić information content (AvgIpc) is 2.58. The summed E-state index contributed by atoms with van der Waals surface area (Å²) in [5.74, 6) is 0.672. The number of hydrogen-bond donors (Lipinski definition) is 1. The van der Waals surface area contributed by atoms with Gasteiger partial charge >= 0.3 is 0 Å². The Hall–Kier alpha value is -0.410. The first-order chi connectivity index (χ1) is 7.63. The number of nitrogens with zero attached hydrogens (tertiary/aromatic N) is 1. The predicted octanol–water partition coefficient (Wildman–Crippen LogP) is 3.05. The van der Waals surface area contributed by atoms with E-state index in [2.05, 4.69) is 24.2 Å². The lowest BCUT2D eigenvalue weighted by Gasteiger charge is -2.39. The normalized spacial score (nSPS) is 18.8. The molecule has 1 aromatic heterocycles.